The van der Waals surface area contributed by atoms with Gasteiger partial charge in [0.05, 0.1) is 13.0 Å². The summed E-state index contributed by atoms with van der Waals surface area (Å²) >= 11 is 0. The van der Waals surface area contributed by atoms with E-state index in [-0.39, 0.29) is 11.8 Å². The Hall–Kier alpha value is -3.16. The number of nitrogens with zero attached hydrogens (tertiary/aromatic N) is 5. The Labute approximate surface area is 169 Å². The lowest BCUT2D eigenvalue weighted by molar-refractivity contribution is -0.125. The topological polar surface area (TPSA) is 84.6 Å². The second-order valence-electron chi connectivity index (χ2n) is 7.38. The number of benzene rings is 1. The quantitative estimate of drug-likeness (QED) is 0.689. The van der Waals surface area contributed by atoms with Crippen LogP contribution in [0.1, 0.15) is 24.2 Å². The van der Waals surface area contributed by atoms with E-state index in [4.69, 9.17) is 4.74 Å². The van der Waals surface area contributed by atoms with Gasteiger partial charge in [-0.05, 0) is 56.0 Å². The lowest BCUT2D eigenvalue weighted by Crippen LogP contribution is -2.44. The molecule has 8 nitrogen and oxygen atoms in total. The fraction of sp³-hybridized carbons (Fsp3) is 0.429. The van der Waals surface area contributed by atoms with Crippen molar-refractivity contribution in [2.75, 3.05) is 31.6 Å². The average Bonchev–Trinajstić information content (AvgIpc) is 3.14. The first-order valence-electron chi connectivity index (χ1n) is 9.98. The highest BCUT2D eigenvalue weighted by molar-refractivity contribution is 5.79. The molecule has 0 spiro atoms. The molecule has 1 atom stereocenters. The molecule has 0 bridgehead atoms. The fourth-order valence-corrected chi connectivity index (χ4v) is 3.72. The number of carbonyl (C=O) groups is 1. The lowest BCUT2D eigenvalue weighted by Gasteiger charge is -2.32. The van der Waals surface area contributed by atoms with Gasteiger partial charge in [-0.1, -0.05) is 12.1 Å². The lowest BCUT2D eigenvalue weighted by atomic mass is 9.97. The number of aromatic nitrogens is 4. The number of anilines is 1. The van der Waals surface area contributed by atoms with Gasteiger partial charge in [0.1, 0.15) is 11.6 Å². The SMILES string of the molecule is COc1ccc(CCNC(=O)C2CCCN(c3ccc4nnc(C)n4n3)C2)cc1. The van der Waals surface area contributed by atoms with Crippen LogP contribution in [0, 0.1) is 12.8 Å². The third-order valence-electron chi connectivity index (χ3n) is 5.39. The van der Waals surface area contributed by atoms with Crippen molar-refractivity contribution < 1.29 is 9.53 Å². The predicted molar refractivity (Wildman–Crippen MR) is 110 cm³/mol. The van der Waals surface area contributed by atoms with Gasteiger partial charge in [0.15, 0.2) is 11.5 Å². The molecule has 3 aromatic rings. The average molecular weight is 394 g/mol. The Morgan fingerprint density at radius 1 is 1.21 bits per heavy atom. The van der Waals surface area contributed by atoms with Crippen LogP contribution < -0.4 is 15.0 Å². The summed E-state index contributed by atoms with van der Waals surface area (Å²) in [5.41, 5.74) is 1.91. The highest BCUT2D eigenvalue weighted by atomic mass is 16.5. The minimum atomic E-state index is -0.0286. The third-order valence-corrected chi connectivity index (χ3v) is 5.39. The number of methoxy groups -OCH3 is 1. The van der Waals surface area contributed by atoms with Crippen molar-refractivity contribution in [1.82, 2.24) is 25.1 Å². The van der Waals surface area contributed by atoms with Crippen LogP contribution in [0.25, 0.3) is 5.65 Å². The fourth-order valence-electron chi connectivity index (χ4n) is 3.72. The molecule has 29 heavy (non-hydrogen) atoms. The summed E-state index contributed by atoms with van der Waals surface area (Å²) in [5, 5.41) is 15.9. The molecule has 1 unspecified atom stereocenters. The maximum Gasteiger partial charge on any atom is 0.224 e. The van der Waals surface area contributed by atoms with Gasteiger partial charge in [0, 0.05) is 19.6 Å². The first-order valence-corrected chi connectivity index (χ1v) is 9.98. The molecule has 1 aliphatic rings. The maximum atomic E-state index is 12.7. The van der Waals surface area contributed by atoms with Crippen molar-refractivity contribution in [3.63, 3.8) is 0 Å². The number of carbonyl (C=O) groups excluding carboxylic acids is 1. The van der Waals surface area contributed by atoms with Crippen molar-refractivity contribution >= 4 is 17.4 Å². The molecule has 2 aromatic heterocycles. The number of rotatable bonds is 6. The van der Waals surface area contributed by atoms with E-state index in [0.717, 1.165) is 48.8 Å². The van der Waals surface area contributed by atoms with Gasteiger partial charge in [0.2, 0.25) is 5.91 Å². The van der Waals surface area contributed by atoms with E-state index in [2.05, 4.69) is 25.5 Å². The van der Waals surface area contributed by atoms with Crippen LogP contribution in [0.2, 0.25) is 0 Å². The summed E-state index contributed by atoms with van der Waals surface area (Å²) in [4.78, 5) is 14.9. The summed E-state index contributed by atoms with van der Waals surface area (Å²) in [6.07, 6.45) is 2.67. The van der Waals surface area contributed by atoms with Crippen molar-refractivity contribution in [2.24, 2.45) is 5.92 Å². The van der Waals surface area contributed by atoms with Crippen LogP contribution in [-0.4, -0.2) is 52.5 Å². The molecule has 0 radical (unpaired) electrons. The van der Waals surface area contributed by atoms with Gasteiger partial charge in [-0.2, -0.15) is 4.52 Å². The molecular weight excluding hydrogens is 368 g/mol. The maximum absolute atomic E-state index is 12.7. The highest BCUT2D eigenvalue weighted by Gasteiger charge is 2.26. The number of ether oxygens (including phenoxy) is 1. The minimum Gasteiger partial charge on any atom is -0.497 e. The van der Waals surface area contributed by atoms with E-state index < -0.39 is 0 Å². The standard InChI is InChI=1S/C21H26N6O2/c1-15-23-24-19-9-10-20(25-27(15)19)26-13-3-4-17(14-26)21(28)22-12-11-16-5-7-18(29-2)8-6-16/h5-10,17H,3-4,11-14H2,1-2H3,(H,22,28). The van der Waals surface area contributed by atoms with E-state index in [1.807, 2.05) is 43.3 Å². The Kier molecular flexibility index (Phi) is 5.59. The first kappa shape index (κ1) is 19.2. The predicted octanol–water partition coefficient (Wildman–Crippen LogP) is 2.02. The van der Waals surface area contributed by atoms with E-state index in [9.17, 15) is 4.79 Å². The Balaban J connectivity index is 1.33. The van der Waals surface area contributed by atoms with Gasteiger partial charge in [-0.15, -0.1) is 15.3 Å². The summed E-state index contributed by atoms with van der Waals surface area (Å²) < 4.78 is 6.92. The number of hydrogen-bond donors (Lipinski definition) is 1. The van der Waals surface area contributed by atoms with E-state index in [0.29, 0.717) is 13.1 Å². The van der Waals surface area contributed by atoms with Gasteiger partial charge < -0.3 is 15.0 Å². The molecule has 0 aliphatic carbocycles. The molecule has 0 saturated carbocycles. The Morgan fingerprint density at radius 2 is 2.03 bits per heavy atom. The Bertz CT molecular complexity index is 985. The molecule has 4 rings (SSSR count). The zero-order valence-electron chi connectivity index (χ0n) is 16.8. The zero-order valence-corrected chi connectivity index (χ0v) is 16.8. The molecule has 8 heteroatoms. The molecule has 1 fully saturated rings. The highest BCUT2D eigenvalue weighted by Crippen LogP contribution is 2.22. The van der Waals surface area contributed by atoms with Crippen LogP contribution in [0.15, 0.2) is 36.4 Å². The largest absolute Gasteiger partial charge is 0.497 e. The van der Waals surface area contributed by atoms with Crippen LogP contribution in [0.4, 0.5) is 5.82 Å². The Morgan fingerprint density at radius 3 is 2.83 bits per heavy atom. The number of aryl methyl sites for hydroxylation is 1. The molecule has 152 valence electrons. The van der Waals surface area contributed by atoms with Crippen LogP contribution >= 0.6 is 0 Å². The molecule has 1 saturated heterocycles. The smallest absolute Gasteiger partial charge is 0.224 e. The number of hydrogen-bond acceptors (Lipinski definition) is 6. The van der Waals surface area contributed by atoms with Crippen molar-refractivity contribution in [3.8, 4) is 5.75 Å². The second kappa shape index (κ2) is 8.46. The summed E-state index contributed by atoms with van der Waals surface area (Å²) in [5.74, 6) is 2.54. The molecular formula is C21H26N6O2. The second-order valence-corrected chi connectivity index (χ2v) is 7.38. The van der Waals surface area contributed by atoms with Crippen LogP contribution in [0.3, 0.4) is 0 Å². The zero-order chi connectivity index (χ0) is 20.2. The normalized spacial score (nSPS) is 16.8. The minimum absolute atomic E-state index is 0.0286. The van der Waals surface area contributed by atoms with Gasteiger partial charge in [-0.25, -0.2) is 0 Å². The first-order chi connectivity index (χ1) is 14.1. The monoisotopic (exact) mass is 394 g/mol. The van der Waals surface area contributed by atoms with Crippen LogP contribution in [-0.2, 0) is 11.2 Å². The number of nitrogens with one attached hydrogen (secondary N) is 1. The van der Waals surface area contributed by atoms with Gasteiger partial charge in [0.25, 0.3) is 0 Å². The van der Waals surface area contributed by atoms with Crippen molar-refractivity contribution in [1.29, 1.82) is 0 Å². The van der Waals surface area contributed by atoms with Gasteiger partial charge >= 0.3 is 0 Å². The molecule has 1 N–H and O–H groups in total. The summed E-state index contributed by atoms with van der Waals surface area (Å²) in [7, 11) is 1.66. The number of amides is 1. The third kappa shape index (κ3) is 4.31. The van der Waals surface area contributed by atoms with E-state index in [1.165, 1.54) is 5.56 Å². The van der Waals surface area contributed by atoms with Crippen molar-refractivity contribution in [2.45, 2.75) is 26.2 Å². The number of fused-ring (bicyclic) bond motifs is 1. The van der Waals surface area contributed by atoms with E-state index in [1.54, 1.807) is 11.6 Å². The number of piperidine rings is 1. The molecule has 1 aliphatic heterocycles. The molecule has 1 aromatic carbocycles. The molecule has 1 amide bonds. The summed E-state index contributed by atoms with van der Waals surface area (Å²) in [6.45, 7) is 4.08. The van der Waals surface area contributed by atoms with E-state index >= 15 is 0 Å². The molecule has 3 heterocycles. The summed E-state index contributed by atoms with van der Waals surface area (Å²) in [6, 6.07) is 11.8. The van der Waals surface area contributed by atoms with Crippen molar-refractivity contribution in [3.05, 3.63) is 47.8 Å². The van der Waals surface area contributed by atoms with Gasteiger partial charge in [-0.3, -0.25) is 4.79 Å². The van der Waals surface area contributed by atoms with Crippen LogP contribution in [0.5, 0.6) is 5.75 Å².